The van der Waals surface area contributed by atoms with Crippen LogP contribution in [0.5, 0.6) is 5.75 Å². The molecule has 0 amide bonds. The number of nitrogens with two attached hydrogens (primary N) is 2. The molecule has 0 heterocycles. The van der Waals surface area contributed by atoms with Crippen molar-refractivity contribution in [3.05, 3.63) is 59.7 Å². The summed E-state index contributed by atoms with van der Waals surface area (Å²) in [5.74, 6) is -0.251. The molecule has 0 bridgehead atoms. The smallest absolute Gasteiger partial charge is 0.330 e. The minimum Gasteiger partial charge on any atom is -0.462 e. The Morgan fingerprint density at radius 1 is 0.974 bits per heavy atom. The van der Waals surface area contributed by atoms with Gasteiger partial charge >= 0.3 is 11.9 Å². The van der Waals surface area contributed by atoms with Crippen LogP contribution >= 0.6 is 0 Å². The van der Waals surface area contributed by atoms with Crippen LogP contribution in [0.4, 0.5) is 11.4 Å². The zero-order chi connectivity index (χ0) is 27.3. The number of benzene rings is 2. The van der Waals surface area contributed by atoms with E-state index in [1.165, 1.54) is 25.3 Å². The quantitative estimate of drug-likeness (QED) is 0.105. The second-order valence-electron chi connectivity index (χ2n) is 10.2. The van der Waals surface area contributed by atoms with Crippen LogP contribution in [0.2, 0.25) is 0 Å². The molecule has 1 unspecified atom stereocenters. The number of carbonyl (C=O) groups is 2. The monoisotopic (exact) mass is 522 g/mol. The van der Waals surface area contributed by atoms with E-state index < -0.39 is 5.97 Å². The number of nitrogen functional groups attached to an aromatic ring is 2. The molecular weight excluding hydrogens is 480 g/mol. The van der Waals surface area contributed by atoms with E-state index in [-0.39, 0.29) is 30.5 Å². The highest BCUT2D eigenvalue weighted by atomic mass is 16.5. The van der Waals surface area contributed by atoms with Gasteiger partial charge in [0, 0.05) is 30.0 Å². The molecule has 4 N–H and O–H groups in total. The molecule has 1 aliphatic rings. The topological polar surface area (TPSA) is 114 Å². The van der Waals surface area contributed by atoms with Gasteiger partial charge in [-0.05, 0) is 79.6 Å². The molecule has 2 aromatic carbocycles. The summed E-state index contributed by atoms with van der Waals surface area (Å²) in [6.45, 7) is 5.18. The van der Waals surface area contributed by atoms with Crippen LogP contribution in [0.1, 0.15) is 82.3 Å². The SMILES string of the molecule is CCCCCCOC1CCC(C(=O)Oc2ccc(C=CC(=O)OCC(C)c3cc(N)cc(N)c3)cc2)CC1. The fraction of sp³-hybridized carbons (Fsp3) is 0.484. The summed E-state index contributed by atoms with van der Waals surface area (Å²) in [4.78, 5) is 24.8. The molecular formula is C31H42N2O5. The summed E-state index contributed by atoms with van der Waals surface area (Å²) >= 11 is 0. The lowest BCUT2D eigenvalue weighted by atomic mass is 9.87. The fourth-order valence-corrected chi connectivity index (χ4v) is 4.59. The molecule has 0 saturated heterocycles. The summed E-state index contributed by atoms with van der Waals surface area (Å²) in [7, 11) is 0. The second-order valence-corrected chi connectivity index (χ2v) is 10.2. The van der Waals surface area contributed by atoms with Crippen molar-refractivity contribution >= 4 is 29.4 Å². The zero-order valence-electron chi connectivity index (χ0n) is 22.7. The summed E-state index contributed by atoms with van der Waals surface area (Å²) in [6, 6.07) is 12.4. The Balaban J connectivity index is 1.37. The first-order chi connectivity index (χ1) is 18.3. The Labute approximate surface area is 226 Å². The molecule has 0 spiro atoms. The maximum atomic E-state index is 12.6. The highest BCUT2D eigenvalue weighted by molar-refractivity contribution is 5.87. The van der Waals surface area contributed by atoms with E-state index in [4.69, 9.17) is 25.7 Å². The minimum absolute atomic E-state index is 0.0368. The van der Waals surface area contributed by atoms with Crippen molar-refractivity contribution in [1.29, 1.82) is 0 Å². The van der Waals surface area contributed by atoms with Gasteiger partial charge < -0.3 is 25.7 Å². The van der Waals surface area contributed by atoms with Crippen molar-refractivity contribution < 1.29 is 23.8 Å². The molecule has 3 rings (SSSR count). The normalized spacial score (nSPS) is 18.3. The highest BCUT2D eigenvalue weighted by Gasteiger charge is 2.28. The van der Waals surface area contributed by atoms with Crippen LogP contribution in [0.3, 0.4) is 0 Å². The van der Waals surface area contributed by atoms with E-state index in [1.807, 2.05) is 19.1 Å². The molecule has 1 saturated carbocycles. The lowest BCUT2D eigenvalue weighted by Gasteiger charge is -2.27. The molecule has 0 aliphatic heterocycles. The second kappa shape index (κ2) is 15.2. The van der Waals surface area contributed by atoms with Crippen molar-refractivity contribution in [2.45, 2.75) is 77.2 Å². The third kappa shape index (κ3) is 9.86. The molecule has 7 heteroatoms. The van der Waals surface area contributed by atoms with Gasteiger partial charge in [-0.3, -0.25) is 4.79 Å². The molecule has 1 aliphatic carbocycles. The van der Waals surface area contributed by atoms with E-state index in [1.54, 1.807) is 36.4 Å². The lowest BCUT2D eigenvalue weighted by Crippen LogP contribution is -2.29. The highest BCUT2D eigenvalue weighted by Crippen LogP contribution is 2.28. The number of unbranched alkanes of at least 4 members (excludes halogenated alkanes) is 3. The first-order valence-electron chi connectivity index (χ1n) is 13.8. The summed E-state index contributed by atoms with van der Waals surface area (Å²) in [6.07, 6.45) is 11.5. The van der Waals surface area contributed by atoms with Gasteiger partial charge in [0.25, 0.3) is 0 Å². The summed E-state index contributed by atoms with van der Waals surface area (Å²) in [5, 5.41) is 0. The Morgan fingerprint density at radius 3 is 2.32 bits per heavy atom. The fourth-order valence-electron chi connectivity index (χ4n) is 4.59. The van der Waals surface area contributed by atoms with Gasteiger partial charge in [-0.1, -0.05) is 45.2 Å². The number of anilines is 2. The summed E-state index contributed by atoms with van der Waals surface area (Å²) in [5.41, 5.74) is 14.6. The number of rotatable bonds is 13. The maximum Gasteiger partial charge on any atom is 0.330 e. The molecule has 206 valence electrons. The van der Waals surface area contributed by atoms with Crippen LogP contribution in [0, 0.1) is 5.92 Å². The Morgan fingerprint density at radius 2 is 1.66 bits per heavy atom. The van der Waals surface area contributed by atoms with E-state index in [2.05, 4.69) is 6.92 Å². The van der Waals surface area contributed by atoms with Crippen molar-refractivity contribution in [2.75, 3.05) is 24.7 Å². The molecule has 0 aromatic heterocycles. The molecule has 1 fully saturated rings. The van der Waals surface area contributed by atoms with Gasteiger partial charge in [-0.25, -0.2) is 4.79 Å². The van der Waals surface area contributed by atoms with E-state index in [0.717, 1.165) is 49.8 Å². The first kappa shape index (κ1) is 29.2. The van der Waals surface area contributed by atoms with Gasteiger partial charge in [0.05, 0.1) is 18.6 Å². The predicted octanol–water partition coefficient (Wildman–Crippen LogP) is 6.27. The molecule has 2 aromatic rings. The molecule has 7 nitrogen and oxygen atoms in total. The van der Waals surface area contributed by atoms with Crippen LogP contribution in [-0.2, 0) is 19.1 Å². The minimum atomic E-state index is -0.440. The van der Waals surface area contributed by atoms with E-state index in [0.29, 0.717) is 17.1 Å². The number of carbonyl (C=O) groups excluding carboxylic acids is 2. The average Bonchev–Trinajstić information content (AvgIpc) is 2.91. The van der Waals surface area contributed by atoms with Crippen molar-refractivity contribution in [1.82, 2.24) is 0 Å². The molecule has 1 atom stereocenters. The first-order valence-corrected chi connectivity index (χ1v) is 13.8. The maximum absolute atomic E-state index is 12.6. The third-order valence-electron chi connectivity index (χ3n) is 6.91. The van der Waals surface area contributed by atoms with E-state index in [9.17, 15) is 9.59 Å². The number of ether oxygens (including phenoxy) is 3. The van der Waals surface area contributed by atoms with Gasteiger partial charge in [-0.15, -0.1) is 0 Å². The number of hydrogen-bond acceptors (Lipinski definition) is 7. The number of hydrogen-bond donors (Lipinski definition) is 2. The standard InChI is InChI=1S/C31H42N2O5/c1-3-4-5-6-17-36-28-14-10-24(11-15-28)31(35)38-29-12-7-23(8-13-29)9-16-30(34)37-21-22(2)25-18-26(32)20-27(33)19-25/h7-9,12-13,16,18-20,22,24,28H,3-6,10-11,14-15,17,21,32-33H2,1-2H3. The van der Waals surface area contributed by atoms with Gasteiger partial charge in [-0.2, -0.15) is 0 Å². The van der Waals surface area contributed by atoms with Crippen LogP contribution in [0.15, 0.2) is 48.5 Å². The largest absolute Gasteiger partial charge is 0.462 e. The van der Waals surface area contributed by atoms with Crippen molar-refractivity contribution in [2.24, 2.45) is 5.92 Å². The van der Waals surface area contributed by atoms with Crippen LogP contribution < -0.4 is 16.2 Å². The van der Waals surface area contributed by atoms with Crippen molar-refractivity contribution in [3.63, 3.8) is 0 Å². The van der Waals surface area contributed by atoms with Crippen LogP contribution in [0.25, 0.3) is 6.08 Å². The Bertz CT molecular complexity index is 1040. The van der Waals surface area contributed by atoms with Gasteiger partial charge in [0.1, 0.15) is 5.75 Å². The molecule has 0 radical (unpaired) electrons. The van der Waals surface area contributed by atoms with Crippen LogP contribution in [-0.4, -0.2) is 31.3 Å². The number of esters is 2. The average molecular weight is 523 g/mol. The zero-order valence-corrected chi connectivity index (χ0v) is 22.7. The Kier molecular flexibility index (Phi) is 11.7. The summed E-state index contributed by atoms with van der Waals surface area (Å²) < 4.78 is 17.0. The van der Waals surface area contributed by atoms with Gasteiger partial charge in [0.15, 0.2) is 0 Å². The van der Waals surface area contributed by atoms with E-state index >= 15 is 0 Å². The third-order valence-corrected chi connectivity index (χ3v) is 6.91. The van der Waals surface area contributed by atoms with Gasteiger partial charge in [0.2, 0.25) is 0 Å². The van der Waals surface area contributed by atoms with Crippen molar-refractivity contribution in [3.8, 4) is 5.75 Å². The molecule has 38 heavy (non-hydrogen) atoms. The lowest BCUT2D eigenvalue weighted by molar-refractivity contribution is -0.141. The Hall–Kier alpha value is -3.32. The predicted molar refractivity (Wildman–Crippen MR) is 152 cm³/mol.